The number of rotatable bonds is 5. The first-order valence-corrected chi connectivity index (χ1v) is 6.79. The zero-order chi connectivity index (χ0) is 13.7. The minimum absolute atomic E-state index is 0.0359. The zero-order valence-electron chi connectivity index (χ0n) is 10.3. The first kappa shape index (κ1) is 13.9. The van der Waals surface area contributed by atoms with Crippen molar-refractivity contribution in [2.75, 3.05) is 0 Å². The highest BCUT2D eigenvalue weighted by Gasteiger charge is 2.09. The van der Waals surface area contributed by atoms with Crippen molar-refractivity contribution in [3.63, 3.8) is 0 Å². The molecule has 4 heteroatoms. The van der Waals surface area contributed by atoms with Crippen LogP contribution in [0.25, 0.3) is 0 Å². The summed E-state index contributed by atoms with van der Waals surface area (Å²) in [4.78, 5) is 15.8. The summed E-state index contributed by atoms with van der Waals surface area (Å²) in [7, 11) is 0. The van der Waals surface area contributed by atoms with Crippen molar-refractivity contribution in [1.82, 2.24) is 4.98 Å². The van der Waals surface area contributed by atoms with Crippen LogP contribution in [-0.2, 0) is 17.6 Å². The van der Waals surface area contributed by atoms with Crippen LogP contribution in [0.3, 0.4) is 0 Å². The molecule has 0 fully saturated rings. The number of halogens is 2. The second-order valence-corrected chi connectivity index (χ2v) is 5.22. The van der Waals surface area contributed by atoms with Gasteiger partial charge in [0.05, 0.1) is 0 Å². The Kier molecular flexibility index (Phi) is 4.80. The van der Waals surface area contributed by atoms with Crippen molar-refractivity contribution in [2.24, 2.45) is 0 Å². The Labute approximate surface area is 119 Å². The molecule has 0 atom stereocenters. The van der Waals surface area contributed by atoms with Crippen molar-refractivity contribution in [3.05, 3.63) is 64.1 Å². The number of pyridine rings is 1. The van der Waals surface area contributed by atoms with Gasteiger partial charge in [-0.1, -0.05) is 15.9 Å². The molecule has 0 aliphatic heterocycles. The highest BCUT2D eigenvalue weighted by Crippen LogP contribution is 2.17. The number of aromatic nitrogens is 1. The zero-order valence-corrected chi connectivity index (χ0v) is 11.9. The van der Waals surface area contributed by atoms with E-state index in [1.807, 2.05) is 12.1 Å². The monoisotopic (exact) mass is 321 g/mol. The number of carbonyl (C=O) groups excluding carboxylic acids is 1. The van der Waals surface area contributed by atoms with Crippen LogP contribution in [0, 0.1) is 5.82 Å². The minimum Gasteiger partial charge on any atom is -0.299 e. The van der Waals surface area contributed by atoms with Crippen LogP contribution in [0.15, 0.2) is 47.2 Å². The Balaban J connectivity index is 1.93. The van der Waals surface area contributed by atoms with Gasteiger partial charge in [-0.05, 0) is 47.9 Å². The lowest BCUT2D eigenvalue weighted by Crippen LogP contribution is -2.06. The maximum atomic E-state index is 13.5. The molecule has 2 rings (SSSR count). The summed E-state index contributed by atoms with van der Waals surface area (Å²) in [6, 6.07) is 8.41. The van der Waals surface area contributed by atoms with Gasteiger partial charge in [-0.15, -0.1) is 0 Å². The molecule has 98 valence electrons. The summed E-state index contributed by atoms with van der Waals surface area (Å²) in [6.07, 6.45) is 4.62. The van der Waals surface area contributed by atoms with Gasteiger partial charge in [-0.3, -0.25) is 9.78 Å². The largest absolute Gasteiger partial charge is 0.299 e. The Hall–Kier alpha value is -1.55. The number of carbonyl (C=O) groups is 1. The van der Waals surface area contributed by atoms with E-state index in [4.69, 9.17) is 0 Å². The highest BCUT2D eigenvalue weighted by atomic mass is 79.9. The summed E-state index contributed by atoms with van der Waals surface area (Å²) in [6.45, 7) is 0. The second-order valence-electron chi connectivity index (χ2n) is 4.31. The van der Waals surface area contributed by atoms with Crippen molar-refractivity contribution >= 4 is 21.7 Å². The summed E-state index contributed by atoms with van der Waals surface area (Å²) in [5.41, 5.74) is 1.51. The van der Waals surface area contributed by atoms with Crippen LogP contribution < -0.4 is 0 Å². The first-order valence-electron chi connectivity index (χ1n) is 5.99. The number of Topliss-reactive ketones (excluding diaryl/α,β-unsaturated/α-hetero) is 1. The molecule has 0 bridgehead atoms. The number of hydrogen-bond acceptors (Lipinski definition) is 2. The van der Waals surface area contributed by atoms with Gasteiger partial charge in [-0.25, -0.2) is 4.39 Å². The molecule has 0 aliphatic carbocycles. The molecule has 2 nitrogen and oxygen atoms in total. The molecule has 0 unspecified atom stereocenters. The molecule has 2 aromatic rings. The fraction of sp³-hybridized carbons (Fsp3) is 0.200. The Morgan fingerprint density at radius 1 is 1.21 bits per heavy atom. The Bertz CT molecular complexity index is 572. The van der Waals surface area contributed by atoms with Gasteiger partial charge in [0.25, 0.3) is 0 Å². The third-order valence-electron chi connectivity index (χ3n) is 2.84. The fourth-order valence-corrected chi connectivity index (χ4v) is 2.22. The van der Waals surface area contributed by atoms with E-state index in [9.17, 15) is 9.18 Å². The van der Waals surface area contributed by atoms with E-state index in [-0.39, 0.29) is 18.0 Å². The molecule has 0 spiro atoms. The number of hydrogen-bond donors (Lipinski definition) is 0. The Morgan fingerprint density at radius 3 is 2.68 bits per heavy atom. The summed E-state index contributed by atoms with van der Waals surface area (Å²) >= 11 is 3.28. The molecular formula is C15H13BrFNO. The molecule has 1 aromatic carbocycles. The van der Waals surface area contributed by atoms with E-state index in [2.05, 4.69) is 20.9 Å². The van der Waals surface area contributed by atoms with Gasteiger partial charge in [0.2, 0.25) is 0 Å². The quantitative estimate of drug-likeness (QED) is 0.840. The van der Waals surface area contributed by atoms with Gasteiger partial charge in [0.15, 0.2) is 0 Å². The summed E-state index contributed by atoms with van der Waals surface area (Å²) in [5, 5.41) is 0. The van der Waals surface area contributed by atoms with Crippen molar-refractivity contribution in [1.29, 1.82) is 0 Å². The number of nitrogens with zero attached hydrogens (tertiary/aromatic N) is 1. The van der Waals surface area contributed by atoms with Gasteiger partial charge in [0.1, 0.15) is 11.6 Å². The summed E-state index contributed by atoms with van der Waals surface area (Å²) in [5.74, 6) is -0.297. The van der Waals surface area contributed by atoms with E-state index < -0.39 is 0 Å². The van der Waals surface area contributed by atoms with Crippen LogP contribution >= 0.6 is 15.9 Å². The molecule has 19 heavy (non-hydrogen) atoms. The van der Waals surface area contributed by atoms with Gasteiger partial charge < -0.3 is 0 Å². The molecule has 0 amide bonds. The molecule has 0 N–H and O–H groups in total. The molecule has 1 heterocycles. The van der Waals surface area contributed by atoms with Crippen LogP contribution in [-0.4, -0.2) is 10.8 Å². The van der Waals surface area contributed by atoms with E-state index >= 15 is 0 Å². The lowest BCUT2D eigenvalue weighted by Gasteiger charge is -2.04. The third-order valence-corrected chi connectivity index (χ3v) is 3.33. The lowest BCUT2D eigenvalue weighted by atomic mass is 10.0. The van der Waals surface area contributed by atoms with Crippen LogP contribution in [0.5, 0.6) is 0 Å². The maximum Gasteiger partial charge on any atom is 0.137 e. The van der Waals surface area contributed by atoms with Crippen molar-refractivity contribution < 1.29 is 9.18 Å². The third kappa shape index (κ3) is 4.24. The van der Waals surface area contributed by atoms with Gasteiger partial charge in [-0.2, -0.15) is 0 Å². The predicted molar refractivity (Wildman–Crippen MR) is 75.4 cm³/mol. The smallest absolute Gasteiger partial charge is 0.137 e. The predicted octanol–water partition coefficient (Wildman–Crippen LogP) is 3.73. The van der Waals surface area contributed by atoms with E-state index in [0.29, 0.717) is 18.4 Å². The van der Waals surface area contributed by atoms with E-state index in [1.54, 1.807) is 24.5 Å². The fourth-order valence-electron chi connectivity index (χ4n) is 1.81. The Morgan fingerprint density at radius 2 is 1.95 bits per heavy atom. The van der Waals surface area contributed by atoms with Crippen LogP contribution in [0.1, 0.15) is 17.5 Å². The van der Waals surface area contributed by atoms with Crippen LogP contribution in [0.2, 0.25) is 0 Å². The second kappa shape index (κ2) is 6.57. The van der Waals surface area contributed by atoms with E-state index in [1.165, 1.54) is 6.07 Å². The van der Waals surface area contributed by atoms with Gasteiger partial charge in [0, 0.05) is 29.7 Å². The molecule has 0 saturated carbocycles. The molecule has 1 aromatic heterocycles. The van der Waals surface area contributed by atoms with E-state index in [0.717, 1.165) is 10.0 Å². The average Bonchev–Trinajstić information content (AvgIpc) is 2.42. The van der Waals surface area contributed by atoms with Crippen LogP contribution in [0.4, 0.5) is 4.39 Å². The first-order chi connectivity index (χ1) is 9.15. The standard InChI is InChI=1S/C15H13BrFNO/c16-13-2-4-15(17)12(9-13)10-14(19)3-1-11-5-7-18-8-6-11/h2,4-9H,1,3,10H2. The topological polar surface area (TPSA) is 30.0 Å². The SMILES string of the molecule is O=C(CCc1ccncc1)Cc1cc(Br)ccc1F. The normalized spacial score (nSPS) is 10.4. The lowest BCUT2D eigenvalue weighted by molar-refractivity contribution is -0.118. The maximum absolute atomic E-state index is 13.5. The number of ketones is 1. The summed E-state index contributed by atoms with van der Waals surface area (Å²) < 4.78 is 14.3. The molecule has 0 radical (unpaired) electrons. The van der Waals surface area contributed by atoms with Crippen molar-refractivity contribution in [3.8, 4) is 0 Å². The minimum atomic E-state index is -0.333. The molecular weight excluding hydrogens is 309 g/mol. The number of benzene rings is 1. The van der Waals surface area contributed by atoms with Gasteiger partial charge >= 0.3 is 0 Å². The van der Waals surface area contributed by atoms with Crippen molar-refractivity contribution in [2.45, 2.75) is 19.3 Å². The number of aryl methyl sites for hydroxylation is 1. The molecule has 0 saturated heterocycles. The highest BCUT2D eigenvalue weighted by molar-refractivity contribution is 9.10. The average molecular weight is 322 g/mol. The molecule has 0 aliphatic rings.